The highest BCUT2D eigenvalue weighted by atomic mass is 16.6. The van der Waals surface area contributed by atoms with Crippen LogP contribution in [0.1, 0.15) is 71.2 Å². The van der Waals surface area contributed by atoms with Crippen molar-refractivity contribution in [2.45, 2.75) is 59.2 Å². The molecule has 0 heterocycles. The lowest BCUT2D eigenvalue weighted by Gasteiger charge is -2.29. The van der Waals surface area contributed by atoms with Crippen LogP contribution in [0.4, 0.5) is 0 Å². The molecular formula is C29H33NO5. The van der Waals surface area contributed by atoms with Crippen LogP contribution in [0, 0.1) is 13.8 Å². The molecule has 0 fully saturated rings. The van der Waals surface area contributed by atoms with Gasteiger partial charge in [0.25, 0.3) is 0 Å². The fraction of sp³-hybridized carbons (Fsp3) is 0.310. The van der Waals surface area contributed by atoms with Crippen LogP contribution in [0.15, 0.2) is 66.7 Å². The van der Waals surface area contributed by atoms with Crippen LogP contribution in [-0.4, -0.2) is 28.6 Å². The normalized spacial score (nSPS) is 13.1. The first kappa shape index (κ1) is 26.1. The quantitative estimate of drug-likeness (QED) is 0.344. The minimum atomic E-state index is -0.882. The Morgan fingerprint density at radius 2 is 1.23 bits per heavy atom. The van der Waals surface area contributed by atoms with Gasteiger partial charge in [0.1, 0.15) is 0 Å². The molecule has 0 bridgehead atoms. The second kappa shape index (κ2) is 10.8. The molecule has 3 aromatic carbocycles. The fourth-order valence-corrected chi connectivity index (χ4v) is 3.62. The molecule has 0 spiro atoms. The van der Waals surface area contributed by atoms with Crippen molar-refractivity contribution in [1.29, 1.82) is 0 Å². The van der Waals surface area contributed by atoms with Crippen molar-refractivity contribution in [3.05, 3.63) is 94.5 Å². The van der Waals surface area contributed by atoms with E-state index >= 15 is 0 Å². The Morgan fingerprint density at radius 3 is 1.69 bits per heavy atom. The van der Waals surface area contributed by atoms with Crippen molar-refractivity contribution in [2.24, 2.45) is 0 Å². The molecule has 2 atom stereocenters. The summed E-state index contributed by atoms with van der Waals surface area (Å²) >= 11 is 0. The first-order chi connectivity index (χ1) is 16.4. The molecular weight excluding hydrogens is 442 g/mol. The summed E-state index contributed by atoms with van der Waals surface area (Å²) < 4.78 is 11.2. The van der Waals surface area contributed by atoms with E-state index < -0.39 is 18.0 Å². The number of aliphatic hydroxyl groups excluding tert-OH is 1. The minimum Gasteiger partial charge on any atom is -0.419 e. The Hall–Kier alpha value is -3.48. The maximum atomic E-state index is 12.8. The van der Waals surface area contributed by atoms with Crippen LogP contribution in [0.3, 0.4) is 0 Å². The predicted molar refractivity (Wildman–Crippen MR) is 136 cm³/mol. The molecule has 0 aliphatic rings. The van der Waals surface area contributed by atoms with Gasteiger partial charge in [-0.15, -0.1) is 0 Å². The van der Waals surface area contributed by atoms with Gasteiger partial charge in [-0.05, 0) is 83.5 Å². The Morgan fingerprint density at radius 1 is 0.771 bits per heavy atom. The monoisotopic (exact) mass is 475 g/mol. The van der Waals surface area contributed by atoms with E-state index in [2.05, 4.69) is 5.32 Å². The zero-order chi connectivity index (χ0) is 25.8. The number of benzene rings is 3. The first-order valence-corrected chi connectivity index (χ1v) is 11.6. The highest BCUT2D eigenvalue weighted by Gasteiger charge is 2.24. The lowest BCUT2D eigenvalue weighted by atomic mass is 9.99. The number of hydrogen-bond donors (Lipinski definition) is 2. The Bertz CT molecular complexity index is 1180. The highest BCUT2D eigenvalue weighted by molar-refractivity contribution is 5.93. The molecule has 0 aliphatic heterocycles. The summed E-state index contributed by atoms with van der Waals surface area (Å²) in [6.07, 6.45) is -0.882. The third kappa shape index (κ3) is 7.25. The molecule has 0 radical (unpaired) electrons. The summed E-state index contributed by atoms with van der Waals surface area (Å²) in [7, 11) is 0. The maximum Gasteiger partial charge on any atom is 0.343 e. The zero-order valence-electron chi connectivity index (χ0n) is 21.1. The molecule has 35 heavy (non-hydrogen) atoms. The summed E-state index contributed by atoms with van der Waals surface area (Å²) in [6, 6.07) is 18.4. The number of carbonyl (C=O) groups excluding carboxylic acids is 2. The first-order valence-electron chi connectivity index (χ1n) is 11.6. The van der Waals surface area contributed by atoms with E-state index in [1.807, 2.05) is 65.8 Å². The van der Waals surface area contributed by atoms with Crippen LogP contribution >= 0.6 is 0 Å². The number of hydrogen-bond acceptors (Lipinski definition) is 6. The van der Waals surface area contributed by atoms with Crippen molar-refractivity contribution in [3.8, 4) is 11.5 Å². The van der Waals surface area contributed by atoms with E-state index in [0.717, 1.165) is 11.1 Å². The molecule has 6 heteroatoms. The van der Waals surface area contributed by atoms with Gasteiger partial charge in [-0.1, -0.05) is 41.5 Å². The van der Waals surface area contributed by atoms with E-state index in [9.17, 15) is 14.7 Å². The van der Waals surface area contributed by atoms with Gasteiger partial charge < -0.3 is 19.9 Å². The zero-order valence-corrected chi connectivity index (χ0v) is 21.1. The number of esters is 2. The molecule has 0 saturated heterocycles. The van der Waals surface area contributed by atoms with Crippen LogP contribution in [0.5, 0.6) is 11.5 Å². The van der Waals surface area contributed by atoms with Gasteiger partial charge in [0.2, 0.25) is 0 Å². The molecule has 0 aromatic heterocycles. The van der Waals surface area contributed by atoms with Gasteiger partial charge in [-0.25, -0.2) is 9.59 Å². The van der Waals surface area contributed by atoms with Crippen molar-refractivity contribution in [2.75, 3.05) is 0 Å². The van der Waals surface area contributed by atoms with Crippen molar-refractivity contribution in [1.82, 2.24) is 5.32 Å². The third-order valence-corrected chi connectivity index (χ3v) is 5.42. The summed E-state index contributed by atoms with van der Waals surface area (Å²) in [5.41, 5.74) is 3.09. The second-order valence-electron chi connectivity index (χ2n) is 9.85. The molecule has 0 saturated carbocycles. The smallest absolute Gasteiger partial charge is 0.343 e. The van der Waals surface area contributed by atoms with E-state index in [1.54, 1.807) is 30.3 Å². The molecule has 184 valence electrons. The Balaban J connectivity index is 1.92. The van der Waals surface area contributed by atoms with E-state index in [1.165, 1.54) is 12.1 Å². The lowest BCUT2D eigenvalue weighted by molar-refractivity contribution is 0.0681. The van der Waals surface area contributed by atoms with Crippen LogP contribution in [0.2, 0.25) is 0 Å². The number of rotatable bonds is 7. The molecule has 3 aromatic rings. The predicted octanol–water partition coefficient (Wildman–Crippen LogP) is 5.55. The molecule has 0 aliphatic carbocycles. The van der Waals surface area contributed by atoms with Crippen molar-refractivity contribution in [3.63, 3.8) is 0 Å². The van der Waals surface area contributed by atoms with E-state index in [-0.39, 0.29) is 23.1 Å². The summed E-state index contributed by atoms with van der Waals surface area (Å²) in [5.74, 6) is -1.03. The minimum absolute atomic E-state index is 0.0514. The van der Waals surface area contributed by atoms with Crippen LogP contribution in [-0.2, 0) is 0 Å². The Kier molecular flexibility index (Phi) is 8.10. The van der Waals surface area contributed by atoms with E-state index in [0.29, 0.717) is 16.7 Å². The largest absolute Gasteiger partial charge is 0.419 e. The molecule has 3 rings (SSSR count). The summed E-state index contributed by atoms with van der Waals surface area (Å²) in [6.45, 7) is 11.8. The number of ether oxygens (including phenoxy) is 2. The summed E-state index contributed by atoms with van der Waals surface area (Å²) in [4.78, 5) is 25.6. The van der Waals surface area contributed by atoms with Crippen molar-refractivity contribution >= 4 is 11.9 Å². The lowest BCUT2D eigenvalue weighted by Crippen LogP contribution is -2.44. The van der Waals surface area contributed by atoms with Crippen LogP contribution in [0.25, 0.3) is 0 Å². The average Bonchev–Trinajstić information content (AvgIpc) is 2.79. The summed E-state index contributed by atoms with van der Waals surface area (Å²) in [5, 5.41) is 14.3. The van der Waals surface area contributed by atoms with Gasteiger partial charge in [0, 0.05) is 11.6 Å². The number of aryl methyl sites for hydroxylation is 2. The molecule has 2 unspecified atom stereocenters. The maximum absolute atomic E-state index is 12.8. The highest BCUT2D eigenvalue weighted by Crippen LogP contribution is 2.33. The Labute approximate surface area is 206 Å². The van der Waals surface area contributed by atoms with Gasteiger partial charge in [-0.3, -0.25) is 0 Å². The average molecular weight is 476 g/mol. The molecule has 0 amide bonds. The van der Waals surface area contributed by atoms with Crippen LogP contribution < -0.4 is 14.8 Å². The van der Waals surface area contributed by atoms with E-state index in [4.69, 9.17) is 9.47 Å². The van der Waals surface area contributed by atoms with Crippen molar-refractivity contribution < 1.29 is 24.2 Å². The van der Waals surface area contributed by atoms with Gasteiger partial charge in [0.05, 0.1) is 17.2 Å². The molecule has 6 nitrogen and oxygen atoms in total. The fourth-order valence-electron chi connectivity index (χ4n) is 3.62. The van der Waals surface area contributed by atoms with Gasteiger partial charge in [0.15, 0.2) is 11.5 Å². The van der Waals surface area contributed by atoms with Gasteiger partial charge >= 0.3 is 11.9 Å². The SMILES string of the molecule is Cc1ccc(C(=O)Oc2ccc(C(O)C(C)NC(C)(C)C)cc2OC(=O)c2ccc(C)cc2)cc1. The number of carbonyl (C=O) groups is 2. The number of nitrogens with one attached hydrogen (secondary N) is 1. The third-order valence-electron chi connectivity index (χ3n) is 5.42. The topological polar surface area (TPSA) is 84.9 Å². The second-order valence-corrected chi connectivity index (χ2v) is 9.85. The number of aliphatic hydroxyl groups is 1. The molecule has 2 N–H and O–H groups in total. The van der Waals surface area contributed by atoms with Gasteiger partial charge in [-0.2, -0.15) is 0 Å². The standard InChI is InChI=1S/C29H33NO5/c1-18-7-11-21(12-8-18)27(32)34-24-16-15-23(26(31)20(3)30-29(4,5)6)17-25(24)35-28(33)22-13-9-19(2)10-14-22/h7-17,20,26,30-31H,1-6H3.